The van der Waals surface area contributed by atoms with Gasteiger partial charge in [0.1, 0.15) is 5.75 Å². The van der Waals surface area contributed by atoms with Gasteiger partial charge in [0, 0.05) is 27.9 Å². The largest absolute Gasteiger partial charge is 0.496 e. The molecule has 0 bridgehead atoms. The molecule has 1 aromatic heterocycles. The van der Waals surface area contributed by atoms with E-state index in [2.05, 4.69) is 15.9 Å². The third-order valence-corrected chi connectivity index (χ3v) is 4.78. The Kier molecular flexibility index (Phi) is 5.35. The summed E-state index contributed by atoms with van der Waals surface area (Å²) in [6.45, 7) is 0. The van der Waals surface area contributed by atoms with Gasteiger partial charge in [-0.2, -0.15) is 5.10 Å². The fourth-order valence-electron chi connectivity index (χ4n) is 2.91. The van der Waals surface area contributed by atoms with E-state index in [1.165, 1.54) is 0 Å². The van der Waals surface area contributed by atoms with Gasteiger partial charge in [-0.25, -0.2) is 9.67 Å². The van der Waals surface area contributed by atoms with Crippen LogP contribution in [0.1, 0.15) is 5.56 Å². The van der Waals surface area contributed by atoms with Gasteiger partial charge in [0.15, 0.2) is 5.82 Å². The predicted octanol–water partition coefficient (Wildman–Crippen LogP) is 6.06. The molecule has 0 N–H and O–H groups in total. The summed E-state index contributed by atoms with van der Waals surface area (Å²) in [5.74, 6) is 1.51. The number of ether oxygens (including phenoxy) is 1. The molecule has 0 amide bonds. The molecule has 0 aliphatic carbocycles. The van der Waals surface area contributed by atoms with Crippen LogP contribution in [0, 0.1) is 0 Å². The molecule has 0 aliphatic rings. The fourth-order valence-corrected chi connectivity index (χ4v) is 3.29. The summed E-state index contributed by atoms with van der Waals surface area (Å²) in [5, 5.41) is 4.79. The van der Waals surface area contributed by atoms with Crippen molar-refractivity contribution >= 4 is 28.0 Å². The van der Waals surface area contributed by atoms with Gasteiger partial charge in [-0.1, -0.05) is 64.5 Å². The Morgan fingerprint density at radius 2 is 1.64 bits per heavy atom. The summed E-state index contributed by atoms with van der Waals surface area (Å²) < 4.78 is 8.26. The molecule has 0 saturated carbocycles. The molecule has 4 aromatic rings. The second-order valence-corrected chi connectivity index (χ2v) is 7.06. The van der Waals surface area contributed by atoms with Gasteiger partial charge < -0.3 is 4.74 Å². The first-order valence-corrected chi connectivity index (χ1v) is 9.62. The highest BCUT2D eigenvalue weighted by atomic mass is 79.9. The summed E-state index contributed by atoms with van der Waals surface area (Å²) in [4.78, 5) is 4.72. The summed E-state index contributed by atoms with van der Waals surface area (Å²) in [7, 11) is 1.66. The molecule has 4 nitrogen and oxygen atoms in total. The van der Waals surface area contributed by atoms with Crippen molar-refractivity contribution in [2.24, 2.45) is 4.99 Å². The lowest BCUT2D eigenvalue weighted by molar-refractivity contribution is 0.414. The lowest BCUT2D eigenvalue weighted by Crippen LogP contribution is -1.96. The molecule has 0 spiro atoms. The second kappa shape index (κ2) is 8.23. The maximum absolute atomic E-state index is 5.44. The maximum Gasteiger partial charge on any atom is 0.156 e. The quantitative estimate of drug-likeness (QED) is 0.360. The van der Waals surface area contributed by atoms with Crippen LogP contribution in [0.25, 0.3) is 16.9 Å². The number of aliphatic imine (C=N–C) groups is 1. The van der Waals surface area contributed by atoms with Crippen molar-refractivity contribution in [1.29, 1.82) is 0 Å². The molecule has 0 atom stereocenters. The van der Waals surface area contributed by atoms with Crippen molar-refractivity contribution in [3.8, 4) is 22.7 Å². The van der Waals surface area contributed by atoms with Gasteiger partial charge in [0.25, 0.3) is 0 Å². The Morgan fingerprint density at radius 1 is 0.929 bits per heavy atom. The van der Waals surface area contributed by atoms with E-state index in [0.29, 0.717) is 0 Å². The molecular formula is C23H18BrN3O. The van der Waals surface area contributed by atoms with E-state index in [-0.39, 0.29) is 0 Å². The Labute approximate surface area is 172 Å². The molecule has 0 saturated heterocycles. The van der Waals surface area contributed by atoms with E-state index in [9.17, 15) is 0 Å². The summed E-state index contributed by atoms with van der Waals surface area (Å²) in [6.07, 6.45) is 1.80. The van der Waals surface area contributed by atoms with Crippen molar-refractivity contribution in [3.05, 3.63) is 95.0 Å². The highest BCUT2D eigenvalue weighted by Gasteiger charge is 2.10. The minimum atomic E-state index is 0.743. The third-order valence-electron chi connectivity index (χ3n) is 4.29. The lowest BCUT2D eigenvalue weighted by Gasteiger charge is -2.05. The average Bonchev–Trinajstić information content (AvgIpc) is 3.18. The topological polar surface area (TPSA) is 39.4 Å². The molecule has 28 heavy (non-hydrogen) atoms. The number of hydrogen-bond donors (Lipinski definition) is 0. The van der Waals surface area contributed by atoms with Crippen LogP contribution in [-0.2, 0) is 0 Å². The van der Waals surface area contributed by atoms with Crippen molar-refractivity contribution in [2.45, 2.75) is 0 Å². The van der Waals surface area contributed by atoms with Gasteiger partial charge in [0.2, 0.25) is 0 Å². The van der Waals surface area contributed by atoms with Crippen LogP contribution in [0.5, 0.6) is 5.75 Å². The summed E-state index contributed by atoms with van der Waals surface area (Å²) >= 11 is 3.50. The number of nitrogens with zero attached hydrogens (tertiary/aromatic N) is 3. The van der Waals surface area contributed by atoms with Gasteiger partial charge in [-0.3, -0.25) is 0 Å². The van der Waals surface area contributed by atoms with Crippen molar-refractivity contribution < 1.29 is 4.74 Å². The Morgan fingerprint density at radius 3 is 2.36 bits per heavy atom. The van der Waals surface area contributed by atoms with Crippen LogP contribution >= 0.6 is 15.9 Å². The van der Waals surface area contributed by atoms with E-state index in [0.717, 1.165) is 38.5 Å². The fraction of sp³-hybridized carbons (Fsp3) is 0.0435. The molecule has 0 aliphatic heterocycles. The predicted molar refractivity (Wildman–Crippen MR) is 117 cm³/mol. The zero-order chi connectivity index (χ0) is 19.3. The zero-order valence-electron chi connectivity index (χ0n) is 15.3. The number of hydrogen-bond acceptors (Lipinski definition) is 3. The van der Waals surface area contributed by atoms with Gasteiger partial charge >= 0.3 is 0 Å². The molecule has 4 rings (SSSR count). The second-order valence-electron chi connectivity index (χ2n) is 6.15. The minimum Gasteiger partial charge on any atom is -0.496 e. The average molecular weight is 432 g/mol. The molecule has 0 fully saturated rings. The van der Waals surface area contributed by atoms with Crippen LogP contribution in [0.3, 0.4) is 0 Å². The lowest BCUT2D eigenvalue weighted by atomic mass is 10.1. The maximum atomic E-state index is 5.44. The monoisotopic (exact) mass is 431 g/mol. The number of aromatic nitrogens is 2. The smallest absolute Gasteiger partial charge is 0.156 e. The summed E-state index contributed by atoms with van der Waals surface area (Å²) in [5.41, 5.74) is 3.77. The van der Waals surface area contributed by atoms with E-state index < -0.39 is 0 Å². The SMILES string of the molecule is COc1ccc(Br)cc1C=Nc1cc(-c2ccccc2)nn1-c1ccccc1. The normalized spacial score (nSPS) is 11.1. The number of halogens is 1. The summed E-state index contributed by atoms with van der Waals surface area (Å²) in [6, 6.07) is 27.9. The van der Waals surface area contributed by atoms with Gasteiger partial charge in [0.05, 0.1) is 18.5 Å². The standard InChI is InChI=1S/C23H18BrN3O/c1-28-22-13-12-19(24)14-18(22)16-25-23-15-21(17-8-4-2-5-9-17)26-27(23)20-10-6-3-7-11-20/h2-16H,1H3. The van der Waals surface area contributed by atoms with E-state index in [4.69, 9.17) is 14.8 Å². The van der Waals surface area contributed by atoms with Crippen LogP contribution in [-0.4, -0.2) is 23.1 Å². The van der Waals surface area contributed by atoms with Gasteiger partial charge in [-0.05, 0) is 30.3 Å². The number of para-hydroxylation sites is 1. The number of benzene rings is 3. The van der Waals surface area contributed by atoms with Crippen molar-refractivity contribution in [3.63, 3.8) is 0 Å². The first-order valence-electron chi connectivity index (χ1n) is 8.83. The van der Waals surface area contributed by atoms with E-state index in [1.807, 2.05) is 89.6 Å². The Balaban J connectivity index is 1.79. The highest BCUT2D eigenvalue weighted by molar-refractivity contribution is 9.10. The highest BCUT2D eigenvalue weighted by Crippen LogP contribution is 2.27. The molecular weight excluding hydrogens is 414 g/mol. The molecule has 1 heterocycles. The zero-order valence-corrected chi connectivity index (χ0v) is 16.9. The van der Waals surface area contributed by atoms with Crippen molar-refractivity contribution in [1.82, 2.24) is 9.78 Å². The number of rotatable bonds is 5. The first kappa shape index (κ1) is 18.2. The molecule has 0 unspecified atom stereocenters. The molecule has 5 heteroatoms. The minimum absolute atomic E-state index is 0.743. The van der Waals surface area contributed by atoms with Crippen LogP contribution < -0.4 is 4.74 Å². The Bertz CT molecular complexity index is 1110. The van der Waals surface area contributed by atoms with Crippen LogP contribution in [0.15, 0.2) is 94.4 Å². The third kappa shape index (κ3) is 3.89. The van der Waals surface area contributed by atoms with Crippen LogP contribution in [0.4, 0.5) is 5.82 Å². The Hall–Kier alpha value is -3.18. The van der Waals surface area contributed by atoms with Gasteiger partial charge in [-0.15, -0.1) is 0 Å². The molecule has 3 aromatic carbocycles. The van der Waals surface area contributed by atoms with Crippen LogP contribution in [0.2, 0.25) is 0 Å². The van der Waals surface area contributed by atoms with E-state index >= 15 is 0 Å². The molecule has 0 radical (unpaired) electrons. The molecule has 138 valence electrons. The number of methoxy groups -OCH3 is 1. The van der Waals surface area contributed by atoms with E-state index in [1.54, 1.807) is 13.3 Å². The first-order chi connectivity index (χ1) is 13.7. The van der Waals surface area contributed by atoms with Crippen molar-refractivity contribution in [2.75, 3.05) is 7.11 Å².